The minimum absolute atomic E-state index is 0. The molecule has 0 saturated heterocycles. The van der Waals surface area contributed by atoms with E-state index in [1.807, 2.05) is 57.9 Å². The predicted octanol–water partition coefficient (Wildman–Crippen LogP) is 17.5. The fraction of sp³-hybridized carbons (Fsp3) is 0.0833. The number of benzene rings is 9. The van der Waals surface area contributed by atoms with Gasteiger partial charge in [0.15, 0.2) is 0 Å². The average molecular weight is 1150 g/mol. The van der Waals surface area contributed by atoms with Crippen molar-refractivity contribution in [2.45, 2.75) is 38.5 Å². The van der Waals surface area contributed by atoms with Gasteiger partial charge in [-0.1, -0.05) is 212 Å². The van der Waals surface area contributed by atoms with Crippen molar-refractivity contribution in [1.82, 2.24) is 0 Å². The molecule has 2 nitrogen and oxygen atoms in total. The average Bonchev–Trinajstić information content (AvgIpc) is 3.47. The number of aryl methyl sites for hydroxylation is 2. The van der Waals surface area contributed by atoms with Crippen molar-refractivity contribution < 1.29 is 29.2 Å². The summed E-state index contributed by atoms with van der Waals surface area (Å²) in [5.74, 6) is 0. The molecule has 0 bridgehead atoms. The largest absolute Gasteiger partial charge is 0.321 e. The first-order valence-corrected chi connectivity index (χ1v) is 25.8. The first-order chi connectivity index (χ1) is 36.5. The Morgan fingerprint density at radius 3 is 1.08 bits per heavy atom. The summed E-state index contributed by atoms with van der Waals surface area (Å²) >= 11 is 0. The smallest absolute Gasteiger partial charge is 0.115 e. The van der Waals surface area contributed by atoms with E-state index in [0.717, 1.165) is 34.5 Å². The summed E-state index contributed by atoms with van der Waals surface area (Å²) < 4.78 is 3.77. The molecule has 2 aromatic heterocycles. The Kier molecular flexibility index (Phi) is 17.6. The van der Waals surface area contributed by atoms with Gasteiger partial charge in [0.25, 0.3) is 0 Å². The van der Waals surface area contributed by atoms with Crippen molar-refractivity contribution in [1.29, 1.82) is 0 Å². The standard InChI is InChI=1S/C36H26N.C36H34N.Ir/c1-37-23-6-5-18-36(37)35-17-9-14-32(26-35)29-21-19-28(20-22-29)31-13-8-16-34(25-31)33-15-7-12-30(24-33)27-10-3-2-4-11-27;1-37-25-10-9-24-36(37)35-23-13-22-34(28-35)33-21-12-20-32(27-33)31-19-11-18-30(26-31)17-6-3-2-5-14-29-15-7-4-8-16-29;/h2-16,18-26H,1H2;4,7-13,15-16,18-22,24-28H,1-3,5-6,14,17H2;/q2*-1;. The van der Waals surface area contributed by atoms with Crippen LogP contribution < -0.4 is 9.13 Å². The Bertz CT molecular complexity index is 3580. The molecular weight excluding hydrogens is 1090 g/mol. The van der Waals surface area contributed by atoms with Crippen LogP contribution >= 0.6 is 0 Å². The van der Waals surface area contributed by atoms with Gasteiger partial charge in [-0.15, -0.1) is 59.7 Å². The van der Waals surface area contributed by atoms with Crippen LogP contribution in [-0.4, -0.2) is 0 Å². The molecule has 0 aliphatic carbocycles. The fourth-order valence-corrected chi connectivity index (χ4v) is 9.71. The minimum Gasteiger partial charge on any atom is -0.321 e. The van der Waals surface area contributed by atoms with E-state index in [9.17, 15) is 0 Å². The predicted molar refractivity (Wildman–Crippen MR) is 308 cm³/mol. The summed E-state index contributed by atoms with van der Waals surface area (Å²) in [6, 6.07) is 97.1. The molecule has 0 saturated carbocycles. The second kappa shape index (κ2) is 25.6. The molecule has 11 aromatic rings. The Morgan fingerprint density at radius 2 is 0.613 bits per heavy atom. The van der Waals surface area contributed by atoms with Crippen molar-refractivity contribution >= 4 is 0 Å². The summed E-state index contributed by atoms with van der Waals surface area (Å²) in [7, 11) is 8.20. The molecule has 0 aliphatic heterocycles. The van der Waals surface area contributed by atoms with Crippen LogP contribution in [0.25, 0.3) is 89.3 Å². The number of nitrogens with zero attached hydrogens (tertiary/aromatic N) is 2. The monoisotopic (exact) mass is 1150 g/mol. The van der Waals surface area contributed by atoms with Crippen molar-refractivity contribution in [3.63, 3.8) is 0 Å². The first-order valence-electron chi connectivity index (χ1n) is 25.8. The molecule has 0 unspecified atom stereocenters. The summed E-state index contributed by atoms with van der Waals surface area (Å²) in [5, 5.41) is 0. The van der Waals surface area contributed by atoms with Gasteiger partial charge in [-0.2, -0.15) is 0 Å². The molecule has 2 heterocycles. The molecule has 0 atom stereocenters. The number of unbranched alkanes of at least 4 members (excludes halogenated alkanes) is 3. The van der Waals surface area contributed by atoms with Crippen LogP contribution in [-0.2, 0) is 32.9 Å². The van der Waals surface area contributed by atoms with Gasteiger partial charge >= 0.3 is 0 Å². The molecule has 0 aliphatic rings. The van der Waals surface area contributed by atoms with Gasteiger partial charge in [-0.05, 0) is 123 Å². The fourth-order valence-electron chi connectivity index (χ4n) is 9.71. The Labute approximate surface area is 458 Å². The topological polar surface area (TPSA) is 7.76 Å². The van der Waals surface area contributed by atoms with Crippen LogP contribution in [0.15, 0.2) is 267 Å². The van der Waals surface area contributed by atoms with Gasteiger partial charge in [0.05, 0.1) is 12.4 Å². The third-order valence-electron chi connectivity index (χ3n) is 13.7. The molecular formula is C72H60IrN2-2. The zero-order valence-corrected chi connectivity index (χ0v) is 44.7. The van der Waals surface area contributed by atoms with Gasteiger partial charge in [0, 0.05) is 34.2 Å². The minimum atomic E-state index is 0. The summed E-state index contributed by atoms with van der Waals surface area (Å²) in [6.45, 7) is 0. The van der Waals surface area contributed by atoms with Gasteiger partial charge in [-0.25, -0.2) is 0 Å². The van der Waals surface area contributed by atoms with Crippen molar-refractivity contribution in [2.24, 2.45) is 0 Å². The van der Waals surface area contributed by atoms with E-state index in [1.165, 1.54) is 104 Å². The van der Waals surface area contributed by atoms with E-state index < -0.39 is 0 Å². The van der Waals surface area contributed by atoms with Crippen molar-refractivity contribution in [2.75, 3.05) is 0 Å². The molecule has 75 heavy (non-hydrogen) atoms. The van der Waals surface area contributed by atoms with Crippen molar-refractivity contribution in [3.05, 3.63) is 305 Å². The SMILES string of the molecule is [CH2-][n+]1ccccc1-c1[c-]ccc(-c2ccc(-c3cccc(-c4cccc(-c5ccccc5)c4)c3)cc2)c1.[CH2-][n+]1ccccc1-c1[c-]ccc(-c2cccc(-c3cccc(CCCCCCc4ccccc4)c3)c2)c1.[Ir]. The van der Waals surface area contributed by atoms with Crippen LogP contribution in [0.2, 0.25) is 0 Å². The number of hydrogen-bond donors (Lipinski definition) is 0. The number of aromatic nitrogens is 2. The quantitative estimate of drug-likeness (QED) is 0.0549. The van der Waals surface area contributed by atoms with E-state index >= 15 is 0 Å². The first kappa shape index (κ1) is 51.6. The summed E-state index contributed by atoms with van der Waals surface area (Å²) in [6.07, 6.45) is 11.3. The summed E-state index contributed by atoms with van der Waals surface area (Å²) in [4.78, 5) is 0. The maximum absolute atomic E-state index is 4.11. The Balaban J connectivity index is 0.000000181. The maximum Gasteiger partial charge on any atom is 0.115 e. The Hall–Kier alpha value is -8.33. The molecule has 0 N–H and O–H groups in total. The number of hydrogen-bond acceptors (Lipinski definition) is 0. The van der Waals surface area contributed by atoms with E-state index in [0.29, 0.717) is 0 Å². The zero-order valence-electron chi connectivity index (χ0n) is 42.3. The maximum atomic E-state index is 4.11. The third kappa shape index (κ3) is 13.5. The van der Waals surface area contributed by atoms with Crippen LogP contribution in [0.5, 0.6) is 0 Å². The van der Waals surface area contributed by atoms with Gasteiger partial charge in [0.1, 0.15) is 11.4 Å². The van der Waals surface area contributed by atoms with Gasteiger partial charge < -0.3 is 9.13 Å². The van der Waals surface area contributed by atoms with Crippen LogP contribution in [0.3, 0.4) is 0 Å². The Morgan fingerprint density at radius 1 is 0.280 bits per heavy atom. The normalized spacial score (nSPS) is 10.7. The molecule has 1 radical (unpaired) electrons. The molecule has 9 aromatic carbocycles. The van der Waals surface area contributed by atoms with E-state index in [-0.39, 0.29) is 20.1 Å². The number of pyridine rings is 2. The van der Waals surface area contributed by atoms with Crippen molar-refractivity contribution in [3.8, 4) is 89.3 Å². The van der Waals surface area contributed by atoms with E-state index in [4.69, 9.17) is 0 Å². The van der Waals surface area contributed by atoms with E-state index in [1.54, 1.807) is 0 Å². The number of rotatable bonds is 15. The van der Waals surface area contributed by atoms with Gasteiger partial charge in [0.2, 0.25) is 0 Å². The van der Waals surface area contributed by atoms with Crippen LogP contribution in [0, 0.1) is 26.2 Å². The summed E-state index contributed by atoms with van der Waals surface area (Å²) in [5.41, 5.74) is 21.6. The van der Waals surface area contributed by atoms with Crippen LogP contribution in [0.4, 0.5) is 0 Å². The van der Waals surface area contributed by atoms with E-state index in [2.05, 4.69) is 245 Å². The second-order valence-corrected chi connectivity index (χ2v) is 18.9. The van der Waals surface area contributed by atoms with Gasteiger partial charge in [-0.3, -0.25) is 0 Å². The molecule has 369 valence electrons. The van der Waals surface area contributed by atoms with Crippen LogP contribution in [0.1, 0.15) is 36.8 Å². The molecule has 0 fully saturated rings. The third-order valence-corrected chi connectivity index (χ3v) is 13.7. The molecule has 11 rings (SSSR count). The molecule has 3 heteroatoms. The molecule has 0 amide bonds. The second-order valence-electron chi connectivity index (χ2n) is 18.9. The molecule has 0 spiro atoms. The zero-order chi connectivity index (χ0) is 50.3.